The van der Waals surface area contributed by atoms with Crippen molar-refractivity contribution in [3.05, 3.63) is 60.1 Å². The molecule has 3 aromatic rings. The Kier molecular flexibility index (Phi) is 5.26. The Balaban J connectivity index is 1.37. The Morgan fingerprint density at radius 1 is 1.21 bits per heavy atom. The number of carbonyl (C=O) groups is 1. The summed E-state index contributed by atoms with van der Waals surface area (Å²) in [7, 11) is 0. The lowest BCUT2D eigenvalue weighted by Crippen LogP contribution is -2.43. The van der Waals surface area contributed by atoms with Crippen molar-refractivity contribution in [3.8, 4) is 5.69 Å². The van der Waals surface area contributed by atoms with Crippen molar-refractivity contribution < 1.29 is 18.0 Å². The van der Waals surface area contributed by atoms with Gasteiger partial charge in [0.25, 0.3) is 5.91 Å². The number of fused-ring (bicyclic) bond motifs is 1. The molecule has 11 heteroatoms. The van der Waals surface area contributed by atoms with E-state index in [4.69, 9.17) is 0 Å². The van der Waals surface area contributed by atoms with E-state index >= 15 is 0 Å². The first-order valence-corrected chi connectivity index (χ1v) is 10.7. The summed E-state index contributed by atoms with van der Waals surface area (Å²) in [5.74, 6) is 0.812. The van der Waals surface area contributed by atoms with E-state index in [1.807, 2.05) is 24.0 Å². The number of aryl methyl sites for hydroxylation is 1. The molecule has 0 spiro atoms. The molecule has 8 nitrogen and oxygen atoms in total. The minimum Gasteiger partial charge on any atom is -0.367 e. The van der Waals surface area contributed by atoms with Crippen LogP contribution in [-0.4, -0.2) is 54.7 Å². The minimum absolute atomic E-state index is 0.117. The van der Waals surface area contributed by atoms with E-state index in [0.29, 0.717) is 42.5 Å². The number of nitrogens with one attached hydrogen (secondary N) is 1. The summed E-state index contributed by atoms with van der Waals surface area (Å²) < 4.78 is 39.8. The third kappa shape index (κ3) is 4.03. The third-order valence-corrected chi connectivity index (χ3v) is 6.46. The second-order valence-corrected chi connectivity index (χ2v) is 8.46. The molecule has 3 aromatic heterocycles. The molecule has 4 heterocycles. The van der Waals surface area contributed by atoms with Crippen LogP contribution in [0.4, 0.5) is 19.0 Å². The lowest BCUT2D eigenvalue weighted by molar-refractivity contribution is -0.141. The van der Waals surface area contributed by atoms with Crippen molar-refractivity contribution in [3.63, 3.8) is 0 Å². The zero-order chi connectivity index (χ0) is 23.2. The quantitative estimate of drug-likeness (QED) is 0.632. The average Bonchev–Trinajstić information content (AvgIpc) is 3.38. The van der Waals surface area contributed by atoms with Crippen molar-refractivity contribution in [1.29, 1.82) is 0 Å². The summed E-state index contributed by atoms with van der Waals surface area (Å²) in [6.07, 6.45) is 2.71. The average molecular weight is 457 g/mol. The van der Waals surface area contributed by atoms with Crippen LogP contribution in [0.3, 0.4) is 0 Å². The molecule has 1 saturated heterocycles. The van der Waals surface area contributed by atoms with Crippen LogP contribution in [0.15, 0.2) is 43.0 Å². The summed E-state index contributed by atoms with van der Waals surface area (Å²) >= 11 is 0. The Morgan fingerprint density at radius 3 is 2.70 bits per heavy atom. The van der Waals surface area contributed by atoms with E-state index in [2.05, 4.69) is 25.4 Å². The van der Waals surface area contributed by atoms with Crippen molar-refractivity contribution in [2.75, 3.05) is 18.4 Å². The molecular weight excluding hydrogens is 435 g/mol. The van der Waals surface area contributed by atoms with Crippen molar-refractivity contribution >= 4 is 11.7 Å². The van der Waals surface area contributed by atoms with Gasteiger partial charge in [-0.1, -0.05) is 0 Å². The van der Waals surface area contributed by atoms with Crippen LogP contribution < -0.4 is 5.32 Å². The summed E-state index contributed by atoms with van der Waals surface area (Å²) in [4.78, 5) is 27.3. The molecule has 5 rings (SSSR count). The van der Waals surface area contributed by atoms with Gasteiger partial charge in [0.15, 0.2) is 11.4 Å². The van der Waals surface area contributed by atoms with Gasteiger partial charge in [-0.05, 0) is 49.8 Å². The van der Waals surface area contributed by atoms with E-state index < -0.39 is 11.9 Å². The zero-order valence-electron chi connectivity index (χ0n) is 17.8. The van der Waals surface area contributed by atoms with E-state index in [-0.39, 0.29) is 17.8 Å². The molecule has 0 bridgehead atoms. The lowest BCUT2D eigenvalue weighted by Gasteiger charge is -2.34. The highest BCUT2D eigenvalue weighted by atomic mass is 19.4. The van der Waals surface area contributed by atoms with Gasteiger partial charge in [-0.15, -0.1) is 0 Å². The van der Waals surface area contributed by atoms with Gasteiger partial charge < -0.3 is 10.2 Å². The fourth-order valence-electron chi connectivity index (χ4n) is 4.66. The smallest absolute Gasteiger partial charge is 0.367 e. The summed E-state index contributed by atoms with van der Waals surface area (Å²) in [5, 5.41) is 7.31. The number of alkyl halides is 3. The molecule has 2 fully saturated rings. The second kappa shape index (κ2) is 8.13. The van der Waals surface area contributed by atoms with Gasteiger partial charge in [0, 0.05) is 31.2 Å². The number of rotatable bonds is 5. The number of aromatic nitrogens is 5. The first kappa shape index (κ1) is 21.4. The standard InChI is InChI=1S/C22H22F3N7O/c1-13-3-6-16(32-8-2-7-29-32)20(30-13)21(33)31-12-14-4-5-15(14)17(31)9-27-19-11-26-18(10-28-19)22(23,24)25/h2-3,6-8,10-11,14-15,17H,4-5,9,12H2,1H3,(H,27,28). The highest BCUT2D eigenvalue weighted by Gasteiger charge is 2.49. The van der Waals surface area contributed by atoms with Crippen LogP contribution in [0.1, 0.15) is 34.7 Å². The van der Waals surface area contributed by atoms with Crippen LogP contribution in [0.2, 0.25) is 0 Å². The topological polar surface area (TPSA) is 88.8 Å². The SMILES string of the molecule is Cc1ccc(-n2cccn2)c(C(=O)N2CC3CCC3C2CNc2cnc(C(F)(F)F)cn2)n1. The van der Waals surface area contributed by atoms with Crippen LogP contribution in [0.5, 0.6) is 0 Å². The lowest BCUT2D eigenvalue weighted by atomic mass is 9.73. The number of nitrogens with zero attached hydrogens (tertiary/aromatic N) is 6. The normalized spacial score (nSPS) is 22.1. The number of likely N-dealkylation sites (tertiary alicyclic amines) is 1. The van der Waals surface area contributed by atoms with Gasteiger partial charge >= 0.3 is 6.18 Å². The maximum Gasteiger partial charge on any atom is 0.434 e. The Morgan fingerprint density at radius 2 is 2.06 bits per heavy atom. The number of anilines is 1. The molecule has 1 saturated carbocycles. The summed E-state index contributed by atoms with van der Waals surface area (Å²) in [5.41, 5.74) is 0.627. The van der Waals surface area contributed by atoms with Gasteiger partial charge in [-0.3, -0.25) is 4.79 Å². The number of hydrogen-bond acceptors (Lipinski definition) is 6. The van der Waals surface area contributed by atoms with Crippen LogP contribution in [0.25, 0.3) is 5.69 Å². The monoisotopic (exact) mass is 457 g/mol. The molecule has 3 atom stereocenters. The number of amides is 1. The predicted molar refractivity (Wildman–Crippen MR) is 113 cm³/mol. The third-order valence-electron chi connectivity index (χ3n) is 6.46. The van der Waals surface area contributed by atoms with Crippen LogP contribution >= 0.6 is 0 Å². The second-order valence-electron chi connectivity index (χ2n) is 8.46. The predicted octanol–water partition coefficient (Wildman–Crippen LogP) is 3.35. The van der Waals surface area contributed by atoms with Gasteiger partial charge in [0.1, 0.15) is 5.82 Å². The Labute approximate surface area is 187 Å². The first-order valence-electron chi connectivity index (χ1n) is 10.7. The van der Waals surface area contributed by atoms with Gasteiger partial charge in [0.2, 0.25) is 0 Å². The maximum absolute atomic E-state index is 13.7. The molecule has 1 aliphatic heterocycles. The number of pyridine rings is 1. The molecule has 3 unspecified atom stereocenters. The van der Waals surface area contributed by atoms with Gasteiger partial charge in [0.05, 0.1) is 24.1 Å². The first-order chi connectivity index (χ1) is 15.8. The fourth-order valence-corrected chi connectivity index (χ4v) is 4.66. The van der Waals surface area contributed by atoms with E-state index in [0.717, 1.165) is 24.7 Å². The molecule has 2 aliphatic rings. The van der Waals surface area contributed by atoms with Gasteiger partial charge in [-0.2, -0.15) is 18.3 Å². The molecule has 1 amide bonds. The zero-order valence-corrected chi connectivity index (χ0v) is 17.8. The number of halogens is 3. The molecular formula is C22H22F3N7O. The number of hydrogen-bond donors (Lipinski definition) is 1. The van der Waals surface area contributed by atoms with E-state index in [9.17, 15) is 18.0 Å². The summed E-state index contributed by atoms with van der Waals surface area (Å²) in [6, 6.07) is 5.33. The van der Waals surface area contributed by atoms with Crippen molar-refractivity contribution in [2.45, 2.75) is 32.0 Å². The maximum atomic E-state index is 13.7. The van der Waals surface area contributed by atoms with Gasteiger partial charge in [-0.25, -0.2) is 19.6 Å². The molecule has 172 valence electrons. The molecule has 1 aliphatic carbocycles. The highest BCUT2D eigenvalue weighted by molar-refractivity contribution is 5.96. The fraction of sp³-hybridized carbons (Fsp3) is 0.409. The van der Waals surface area contributed by atoms with Crippen molar-refractivity contribution in [1.82, 2.24) is 29.6 Å². The molecule has 1 N–H and O–H groups in total. The van der Waals surface area contributed by atoms with E-state index in [1.54, 1.807) is 23.1 Å². The highest BCUT2D eigenvalue weighted by Crippen LogP contribution is 2.45. The molecule has 0 aromatic carbocycles. The summed E-state index contributed by atoms with van der Waals surface area (Å²) in [6.45, 7) is 2.83. The van der Waals surface area contributed by atoms with Crippen LogP contribution in [0, 0.1) is 18.8 Å². The molecule has 33 heavy (non-hydrogen) atoms. The Hall–Kier alpha value is -3.50. The number of carbonyl (C=O) groups excluding carboxylic acids is 1. The van der Waals surface area contributed by atoms with Crippen molar-refractivity contribution in [2.24, 2.45) is 11.8 Å². The van der Waals surface area contributed by atoms with E-state index in [1.165, 1.54) is 0 Å². The largest absolute Gasteiger partial charge is 0.434 e. The molecule has 0 radical (unpaired) electrons. The minimum atomic E-state index is -4.54. The Bertz CT molecular complexity index is 1150. The van der Waals surface area contributed by atoms with Crippen LogP contribution in [-0.2, 0) is 6.18 Å².